The van der Waals surface area contributed by atoms with Crippen molar-refractivity contribution in [2.24, 2.45) is 0 Å². The maximum absolute atomic E-state index is 12.1. The van der Waals surface area contributed by atoms with Crippen LogP contribution in [0.1, 0.15) is 19.2 Å². The summed E-state index contributed by atoms with van der Waals surface area (Å²) in [6.45, 7) is -0.848. The van der Waals surface area contributed by atoms with Gasteiger partial charge in [0, 0.05) is 0 Å². The van der Waals surface area contributed by atoms with Gasteiger partial charge in [-0.25, -0.2) is 4.68 Å². The second kappa shape index (κ2) is 3.17. The standard InChI is InChI=1S/C6H7ClF2N2/c1-2-5-4(7)3-10-11(5)6(8)9/h3,6H,2H2,1H3. The summed E-state index contributed by atoms with van der Waals surface area (Å²) >= 11 is 5.57. The number of alkyl halides is 2. The summed E-state index contributed by atoms with van der Waals surface area (Å²) in [6.07, 6.45) is 1.69. The quantitative estimate of drug-likeness (QED) is 0.684. The Balaban J connectivity index is 3.05. The average Bonchev–Trinajstić information content (AvgIpc) is 2.30. The van der Waals surface area contributed by atoms with Crippen molar-refractivity contribution in [2.45, 2.75) is 19.9 Å². The van der Waals surface area contributed by atoms with Crippen LogP contribution in [0.2, 0.25) is 5.02 Å². The van der Waals surface area contributed by atoms with E-state index < -0.39 is 6.55 Å². The minimum absolute atomic E-state index is 0.299. The van der Waals surface area contributed by atoms with Crippen LogP contribution in [-0.4, -0.2) is 9.78 Å². The molecule has 0 aliphatic carbocycles. The molecule has 0 unspecified atom stereocenters. The number of nitrogens with zero attached hydrogens (tertiary/aromatic N) is 2. The second-order valence-corrected chi connectivity index (χ2v) is 2.42. The molecule has 1 heterocycles. The zero-order valence-corrected chi connectivity index (χ0v) is 6.65. The Hall–Kier alpha value is -0.640. The molecule has 0 saturated carbocycles. The molecular weight excluding hydrogens is 174 g/mol. The van der Waals surface area contributed by atoms with Crippen LogP contribution in [0.5, 0.6) is 0 Å². The van der Waals surface area contributed by atoms with Crippen molar-refractivity contribution in [3.8, 4) is 0 Å². The van der Waals surface area contributed by atoms with Crippen molar-refractivity contribution in [3.63, 3.8) is 0 Å². The molecule has 62 valence electrons. The number of hydrogen-bond donors (Lipinski definition) is 0. The second-order valence-electron chi connectivity index (χ2n) is 2.01. The third kappa shape index (κ3) is 1.50. The Morgan fingerprint density at radius 3 is 2.73 bits per heavy atom. The van der Waals surface area contributed by atoms with Crippen molar-refractivity contribution in [2.75, 3.05) is 0 Å². The first kappa shape index (κ1) is 8.46. The van der Waals surface area contributed by atoms with Gasteiger partial charge in [0.2, 0.25) is 0 Å². The molecule has 1 aromatic heterocycles. The van der Waals surface area contributed by atoms with Gasteiger partial charge in [-0.2, -0.15) is 13.9 Å². The summed E-state index contributed by atoms with van der Waals surface area (Å²) < 4.78 is 24.8. The third-order valence-corrected chi connectivity index (χ3v) is 1.68. The van der Waals surface area contributed by atoms with Crippen LogP contribution >= 0.6 is 11.6 Å². The molecule has 0 aromatic carbocycles. The van der Waals surface area contributed by atoms with E-state index in [0.717, 1.165) is 0 Å². The largest absolute Gasteiger partial charge is 0.333 e. The summed E-state index contributed by atoms with van der Waals surface area (Å²) in [6, 6.07) is 0. The highest BCUT2D eigenvalue weighted by Gasteiger charge is 2.13. The molecule has 0 atom stereocenters. The lowest BCUT2D eigenvalue weighted by molar-refractivity contribution is 0.0536. The fraction of sp³-hybridized carbons (Fsp3) is 0.500. The fourth-order valence-corrected chi connectivity index (χ4v) is 1.13. The van der Waals surface area contributed by atoms with Crippen molar-refractivity contribution >= 4 is 11.6 Å². The molecule has 0 amide bonds. The first-order valence-electron chi connectivity index (χ1n) is 3.16. The van der Waals surface area contributed by atoms with E-state index in [1.165, 1.54) is 6.20 Å². The molecule has 0 spiro atoms. The Kier molecular flexibility index (Phi) is 2.44. The molecule has 0 aliphatic rings. The van der Waals surface area contributed by atoms with E-state index in [4.69, 9.17) is 11.6 Å². The average molecular weight is 181 g/mol. The Morgan fingerprint density at radius 1 is 1.73 bits per heavy atom. The molecular formula is C6H7ClF2N2. The fourth-order valence-electron chi connectivity index (χ4n) is 0.866. The topological polar surface area (TPSA) is 17.8 Å². The van der Waals surface area contributed by atoms with Crippen LogP contribution in [0.15, 0.2) is 6.20 Å². The molecule has 0 N–H and O–H groups in total. The highest BCUT2D eigenvalue weighted by atomic mass is 35.5. The van der Waals surface area contributed by atoms with Crippen molar-refractivity contribution in [1.82, 2.24) is 9.78 Å². The molecule has 2 nitrogen and oxygen atoms in total. The van der Waals surface area contributed by atoms with Gasteiger partial charge in [0.05, 0.1) is 16.9 Å². The van der Waals surface area contributed by atoms with Crippen molar-refractivity contribution in [3.05, 3.63) is 16.9 Å². The lowest BCUT2D eigenvalue weighted by Crippen LogP contribution is -2.04. The van der Waals surface area contributed by atoms with E-state index in [0.29, 0.717) is 21.8 Å². The Morgan fingerprint density at radius 2 is 2.36 bits per heavy atom. The van der Waals surface area contributed by atoms with Gasteiger partial charge in [0.1, 0.15) is 0 Å². The SMILES string of the molecule is CCc1c(Cl)cnn1C(F)F. The van der Waals surface area contributed by atoms with Crippen LogP contribution in [-0.2, 0) is 6.42 Å². The maximum Gasteiger partial charge on any atom is 0.333 e. The van der Waals surface area contributed by atoms with Gasteiger partial charge >= 0.3 is 6.55 Å². The summed E-state index contributed by atoms with van der Waals surface area (Å²) in [7, 11) is 0. The number of hydrogen-bond acceptors (Lipinski definition) is 1. The zero-order valence-electron chi connectivity index (χ0n) is 5.89. The van der Waals surface area contributed by atoms with E-state index in [1.807, 2.05) is 0 Å². The van der Waals surface area contributed by atoms with Gasteiger partial charge in [0.25, 0.3) is 0 Å². The molecule has 11 heavy (non-hydrogen) atoms. The van der Waals surface area contributed by atoms with Crippen LogP contribution < -0.4 is 0 Å². The minimum atomic E-state index is -2.60. The lowest BCUT2D eigenvalue weighted by atomic mass is 10.3. The van der Waals surface area contributed by atoms with E-state index >= 15 is 0 Å². The molecule has 0 fully saturated rings. The first-order valence-corrected chi connectivity index (χ1v) is 3.54. The van der Waals surface area contributed by atoms with Crippen LogP contribution in [0.3, 0.4) is 0 Å². The summed E-state index contributed by atoms with van der Waals surface area (Å²) in [5.74, 6) is 0. The van der Waals surface area contributed by atoms with Gasteiger partial charge in [0.15, 0.2) is 0 Å². The minimum Gasteiger partial charge on any atom is -0.207 e. The van der Waals surface area contributed by atoms with Gasteiger partial charge in [-0.1, -0.05) is 18.5 Å². The molecule has 1 aromatic rings. The van der Waals surface area contributed by atoms with Gasteiger partial charge in [-0.3, -0.25) is 0 Å². The highest BCUT2D eigenvalue weighted by Crippen LogP contribution is 2.20. The maximum atomic E-state index is 12.1. The van der Waals surface area contributed by atoms with Gasteiger partial charge in [-0.05, 0) is 6.42 Å². The smallest absolute Gasteiger partial charge is 0.207 e. The first-order chi connectivity index (χ1) is 5.16. The van der Waals surface area contributed by atoms with Crippen LogP contribution in [0.4, 0.5) is 8.78 Å². The third-order valence-electron chi connectivity index (χ3n) is 1.37. The number of rotatable bonds is 2. The Bertz CT molecular complexity index is 247. The van der Waals surface area contributed by atoms with E-state index in [9.17, 15) is 8.78 Å². The number of aromatic nitrogens is 2. The molecule has 0 bridgehead atoms. The summed E-state index contributed by atoms with van der Waals surface area (Å²) in [4.78, 5) is 0. The van der Waals surface area contributed by atoms with Crippen LogP contribution in [0.25, 0.3) is 0 Å². The molecule has 5 heteroatoms. The normalized spacial score (nSPS) is 11.0. The van der Waals surface area contributed by atoms with Crippen molar-refractivity contribution < 1.29 is 8.78 Å². The zero-order chi connectivity index (χ0) is 8.43. The predicted molar refractivity (Wildman–Crippen MR) is 37.9 cm³/mol. The van der Waals surface area contributed by atoms with E-state index in [1.54, 1.807) is 6.92 Å². The van der Waals surface area contributed by atoms with Crippen LogP contribution in [0, 0.1) is 0 Å². The molecule has 0 radical (unpaired) electrons. The Labute approximate surface area is 67.8 Å². The monoisotopic (exact) mass is 180 g/mol. The van der Waals surface area contributed by atoms with E-state index in [2.05, 4.69) is 5.10 Å². The van der Waals surface area contributed by atoms with Gasteiger partial charge in [-0.15, -0.1) is 0 Å². The van der Waals surface area contributed by atoms with E-state index in [-0.39, 0.29) is 0 Å². The molecule has 0 saturated heterocycles. The van der Waals surface area contributed by atoms with Crippen molar-refractivity contribution in [1.29, 1.82) is 0 Å². The lowest BCUT2D eigenvalue weighted by Gasteiger charge is -2.02. The molecule has 1 rings (SSSR count). The number of halogens is 3. The predicted octanol–water partition coefficient (Wildman–Crippen LogP) is 2.49. The summed E-state index contributed by atoms with van der Waals surface area (Å²) in [5.41, 5.74) is 0.377. The molecule has 0 aliphatic heterocycles. The summed E-state index contributed by atoms with van der Waals surface area (Å²) in [5, 5.41) is 3.72. The van der Waals surface area contributed by atoms with Gasteiger partial charge < -0.3 is 0 Å². The highest BCUT2D eigenvalue weighted by molar-refractivity contribution is 6.31.